The van der Waals surface area contributed by atoms with Gasteiger partial charge in [0.2, 0.25) is 0 Å². The minimum Gasteiger partial charge on any atom is -0.492 e. The van der Waals surface area contributed by atoms with Crippen LogP contribution in [0.2, 0.25) is 0 Å². The summed E-state index contributed by atoms with van der Waals surface area (Å²) in [6.45, 7) is 10.4. The van der Waals surface area contributed by atoms with Crippen LogP contribution in [0.5, 0.6) is 5.75 Å². The second kappa shape index (κ2) is 8.40. The van der Waals surface area contributed by atoms with Crippen LogP contribution in [0.3, 0.4) is 0 Å². The molecule has 4 nitrogen and oxygen atoms in total. The SMILES string of the molecule is CCNC(=NCCOc1cccc(C)c1)NC(C)C. The molecule has 19 heavy (non-hydrogen) atoms. The van der Waals surface area contributed by atoms with Crippen LogP contribution in [0.1, 0.15) is 26.3 Å². The second-order valence-electron chi connectivity index (χ2n) is 4.72. The number of hydrogen-bond acceptors (Lipinski definition) is 2. The predicted octanol–water partition coefficient (Wildman–Crippen LogP) is 2.34. The average Bonchev–Trinajstić information content (AvgIpc) is 2.34. The first-order chi connectivity index (χ1) is 9.11. The van der Waals surface area contributed by atoms with E-state index in [1.807, 2.05) is 18.2 Å². The molecular weight excluding hydrogens is 238 g/mol. The van der Waals surface area contributed by atoms with Crippen LogP contribution in [0.15, 0.2) is 29.3 Å². The summed E-state index contributed by atoms with van der Waals surface area (Å²) >= 11 is 0. The molecule has 0 aliphatic carbocycles. The zero-order valence-electron chi connectivity index (χ0n) is 12.4. The van der Waals surface area contributed by atoms with Crippen molar-refractivity contribution < 1.29 is 4.74 Å². The lowest BCUT2D eigenvalue weighted by Crippen LogP contribution is -2.41. The Morgan fingerprint density at radius 3 is 2.79 bits per heavy atom. The molecule has 0 radical (unpaired) electrons. The molecular formula is C15H25N3O. The molecule has 0 amide bonds. The Kier molecular flexibility index (Phi) is 6.79. The number of hydrogen-bond donors (Lipinski definition) is 2. The fourth-order valence-corrected chi connectivity index (χ4v) is 1.62. The van der Waals surface area contributed by atoms with Gasteiger partial charge in [-0.3, -0.25) is 0 Å². The molecule has 0 saturated heterocycles. The van der Waals surface area contributed by atoms with Crippen LogP contribution in [0.25, 0.3) is 0 Å². The van der Waals surface area contributed by atoms with Gasteiger partial charge in [0.1, 0.15) is 12.4 Å². The molecule has 0 spiro atoms. The molecule has 106 valence electrons. The number of ether oxygens (including phenoxy) is 1. The highest BCUT2D eigenvalue weighted by Crippen LogP contribution is 2.11. The largest absolute Gasteiger partial charge is 0.492 e. The number of nitrogens with zero attached hydrogens (tertiary/aromatic N) is 1. The minimum atomic E-state index is 0.371. The van der Waals surface area contributed by atoms with Gasteiger partial charge in [0, 0.05) is 12.6 Å². The second-order valence-corrected chi connectivity index (χ2v) is 4.72. The van der Waals surface area contributed by atoms with E-state index in [4.69, 9.17) is 4.74 Å². The maximum absolute atomic E-state index is 5.66. The van der Waals surface area contributed by atoms with Crippen LogP contribution in [-0.4, -0.2) is 31.7 Å². The summed E-state index contributed by atoms with van der Waals surface area (Å²) in [7, 11) is 0. The zero-order valence-corrected chi connectivity index (χ0v) is 12.4. The van der Waals surface area contributed by atoms with Crippen molar-refractivity contribution in [3.05, 3.63) is 29.8 Å². The monoisotopic (exact) mass is 263 g/mol. The van der Waals surface area contributed by atoms with E-state index in [0.717, 1.165) is 18.3 Å². The maximum atomic E-state index is 5.66. The van der Waals surface area contributed by atoms with Crippen LogP contribution in [0, 0.1) is 6.92 Å². The van der Waals surface area contributed by atoms with Gasteiger partial charge in [-0.2, -0.15) is 0 Å². The van der Waals surface area contributed by atoms with Gasteiger partial charge < -0.3 is 15.4 Å². The van der Waals surface area contributed by atoms with Crippen molar-refractivity contribution in [2.24, 2.45) is 4.99 Å². The van der Waals surface area contributed by atoms with E-state index in [-0.39, 0.29) is 0 Å². The van der Waals surface area contributed by atoms with Gasteiger partial charge in [0.25, 0.3) is 0 Å². The Bertz CT molecular complexity index is 402. The molecule has 4 heteroatoms. The van der Waals surface area contributed by atoms with Crippen molar-refractivity contribution in [3.8, 4) is 5.75 Å². The summed E-state index contributed by atoms with van der Waals surface area (Å²) in [6.07, 6.45) is 0. The molecule has 0 fully saturated rings. The molecule has 0 atom stereocenters. The van der Waals surface area contributed by atoms with E-state index in [1.54, 1.807) is 0 Å². The first kappa shape index (κ1) is 15.3. The summed E-state index contributed by atoms with van der Waals surface area (Å²) in [6, 6.07) is 8.42. The summed E-state index contributed by atoms with van der Waals surface area (Å²) in [5.74, 6) is 1.74. The first-order valence-electron chi connectivity index (χ1n) is 6.86. The Balaban J connectivity index is 2.38. The Morgan fingerprint density at radius 1 is 1.37 bits per heavy atom. The first-order valence-corrected chi connectivity index (χ1v) is 6.86. The van der Waals surface area contributed by atoms with Gasteiger partial charge >= 0.3 is 0 Å². The number of aryl methyl sites for hydroxylation is 1. The normalized spacial score (nSPS) is 11.5. The molecule has 1 aromatic rings. The topological polar surface area (TPSA) is 45.7 Å². The van der Waals surface area contributed by atoms with Crippen LogP contribution >= 0.6 is 0 Å². The lowest BCUT2D eigenvalue weighted by atomic mass is 10.2. The van der Waals surface area contributed by atoms with Crippen LogP contribution in [0.4, 0.5) is 0 Å². The van der Waals surface area contributed by atoms with Crippen molar-refractivity contribution in [2.45, 2.75) is 33.7 Å². The molecule has 0 heterocycles. The highest BCUT2D eigenvalue weighted by molar-refractivity contribution is 5.79. The van der Waals surface area contributed by atoms with E-state index >= 15 is 0 Å². The number of benzene rings is 1. The molecule has 0 bridgehead atoms. The van der Waals surface area contributed by atoms with Crippen LogP contribution < -0.4 is 15.4 Å². The fraction of sp³-hybridized carbons (Fsp3) is 0.533. The smallest absolute Gasteiger partial charge is 0.191 e. The van der Waals surface area contributed by atoms with Crippen LogP contribution in [-0.2, 0) is 0 Å². The third kappa shape index (κ3) is 6.70. The third-order valence-electron chi connectivity index (χ3n) is 2.39. The van der Waals surface area contributed by atoms with Crippen molar-refractivity contribution in [2.75, 3.05) is 19.7 Å². The summed E-state index contributed by atoms with van der Waals surface area (Å²) in [5.41, 5.74) is 1.20. The Hall–Kier alpha value is -1.71. The van der Waals surface area contributed by atoms with Gasteiger partial charge in [-0.05, 0) is 45.4 Å². The molecule has 0 aliphatic heterocycles. The highest BCUT2D eigenvalue weighted by Gasteiger charge is 1.99. The van der Waals surface area contributed by atoms with E-state index in [1.165, 1.54) is 5.56 Å². The molecule has 0 aromatic heterocycles. The molecule has 0 saturated carbocycles. The van der Waals surface area contributed by atoms with E-state index < -0.39 is 0 Å². The summed E-state index contributed by atoms with van der Waals surface area (Å²) < 4.78 is 5.66. The van der Waals surface area contributed by atoms with Crippen molar-refractivity contribution >= 4 is 5.96 Å². The lowest BCUT2D eigenvalue weighted by Gasteiger charge is -2.14. The van der Waals surface area contributed by atoms with Crippen molar-refractivity contribution in [1.29, 1.82) is 0 Å². The average molecular weight is 263 g/mol. The zero-order chi connectivity index (χ0) is 14.1. The van der Waals surface area contributed by atoms with Crippen molar-refractivity contribution in [1.82, 2.24) is 10.6 Å². The standard InChI is InChI=1S/C15H25N3O/c1-5-16-15(18-12(2)3)17-9-10-19-14-8-6-7-13(4)11-14/h6-8,11-12H,5,9-10H2,1-4H3,(H2,16,17,18). The molecule has 0 aliphatic rings. The number of nitrogens with one attached hydrogen (secondary N) is 2. The van der Waals surface area contributed by atoms with Gasteiger partial charge in [0.15, 0.2) is 5.96 Å². The number of aliphatic imine (C=N–C) groups is 1. The predicted molar refractivity (Wildman–Crippen MR) is 80.9 cm³/mol. The Morgan fingerprint density at radius 2 is 2.16 bits per heavy atom. The highest BCUT2D eigenvalue weighted by atomic mass is 16.5. The number of rotatable bonds is 6. The number of guanidine groups is 1. The molecule has 0 unspecified atom stereocenters. The molecule has 1 aromatic carbocycles. The van der Waals surface area contributed by atoms with E-state index in [9.17, 15) is 0 Å². The van der Waals surface area contributed by atoms with Gasteiger partial charge in [0.05, 0.1) is 6.54 Å². The molecule has 2 N–H and O–H groups in total. The van der Waals surface area contributed by atoms with E-state index in [2.05, 4.69) is 49.4 Å². The quantitative estimate of drug-likeness (QED) is 0.470. The minimum absolute atomic E-state index is 0.371. The third-order valence-corrected chi connectivity index (χ3v) is 2.39. The summed E-state index contributed by atoms with van der Waals surface area (Å²) in [4.78, 5) is 4.46. The Labute approximate surface area is 116 Å². The maximum Gasteiger partial charge on any atom is 0.191 e. The van der Waals surface area contributed by atoms with Crippen molar-refractivity contribution in [3.63, 3.8) is 0 Å². The van der Waals surface area contributed by atoms with E-state index in [0.29, 0.717) is 19.2 Å². The van der Waals surface area contributed by atoms with Gasteiger partial charge in [-0.1, -0.05) is 12.1 Å². The fourth-order valence-electron chi connectivity index (χ4n) is 1.62. The molecule has 1 rings (SSSR count). The summed E-state index contributed by atoms with van der Waals surface area (Å²) in [5, 5.41) is 6.48. The van der Waals surface area contributed by atoms with Gasteiger partial charge in [-0.25, -0.2) is 4.99 Å². The lowest BCUT2D eigenvalue weighted by molar-refractivity contribution is 0.328. The van der Waals surface area contributed by atoms with Gasteiger partial charge in [-0.15, -0.1) is 0 Å².